The van der Waals surface area contributed by atoms with E-state index in [-0.39, 0.29) is 28.8 Å². The Morgan fingerprint density at radius 1 is 1.16 bits per heavy atom. The smallest absolute Gasteiger partial charge is 0.262 e. The Bertz CT molecular complexity index is 1390. The van der Waals surface area contributed by atoms with Crippen molar-refractivity contribution >= 4 is 34.4 Å². The van der Waals surface area contributed by atoms with Crippen molar-refractivity contribution in [3.63, 3.8) is 0 Å². The molecule has 4 aromatic rings. The molecular weight excluding hydrogens is 424 g/mol. The number of rotatable bonds is 6. The third-order valence-corrected chi connectivity index (χ3v) is 5.73. The molecule has 160 valence electrons. The Labute approximate surface area is 188 Å². The molecule has 1 amide bonds. The zero-order valence-corrected chi connectivity index (χ0v) is 18.3. The second kappa shape index (κ2) is 9.08. The van der Waals surface area contributed by atoms with Gasteiger partial charge >= 0.3 is 0 Å². The van der Waals surface area contributed by atoms with Gasteiger partial charge in [-0.2, -0.15) is 10.4 Å². The summed E-state index contributed by atoms with van der Waals surface area (Å²) < 4.78 is 3.11. The monoisotopic (exact) mass is 444 g/mol. The predicted molar refractivity (Wildman–Crippen MR) is 124 cm³/mol. The fourth-order valence-corrected chi connectivity index (χ4v) is 4.22. The first-order valence-electron chi connectivity index (χ1n) is 9.97. The molecule has 0 radical (unpaired) electrons. The number of carbonyl (C=O) groups excluding carboxylic acids is 1. The Morgan fingerprint density at radius 2 is 1.88 bits per heavy atom. The summed E-state index contributed by atoms with van der Waals surface area (Å²) in [5, 5.41) is 17.4. The van der Waals surface area contributed by atoms with E-state index in [0.717, 1.165) is 5.69 Å². The van der Waals surface area contributed by atoms with Crippen LogP contribution < -0.4 is 10.9 Å². The molecule has 32 heavy (non-hydrogen) atoms. The molecule has 0 bridgehead atoms. The topological polar surface area (TPSA) is 106 Å². The maximum absolute atomic E-state index is 12.9. The quantitative estimate of drug-likeness (QED) is 0.358. The van der Waals surface area contributed by atoms with E-state index in [1.807, 2.05) is 50.2 Å². The van der Waals surface area contributed by atoms with Crippen molar-refractivity contribution in [2.45, 2.75) is 25.0 Å². The number of nitrogens with one attached hydrogen (secondary N) is 1. The second-order valence-corrected chi connectivity index (χ2v) is 8.23. The molecule has 0 saturated heterocycles. The highest BCUT2D eigenvalue weighted by atomic mass is 32.2. The van der Waals surface area contributed by atoms with Gasteiger partial charge in [-0.05, 0) is 38.1 Å². The largest absolute Gasteiger partial charge is 0.309 e. The highest BCUT2D eigenvalue weighted by molar-refractivity contribution is 7.99. The van der Waals surface area contributed by atoms with Crippen molar-refractivity contribution < 1.29 is 4.79 Å². The number of fused-ring (bicyclic) bond motifs is 1. The minimum absolute atomic E-state index is 0.0162. The molecule has 0 spiro atoms. The highest BCUT2D eigenvalue weighted by Crippen LogP contribution is 2.23. The lowest BCUT2D eigenvalue weighted by Gasteiger charge is -2.16. The van der Waals surface area contributed by atoms with E-state index in [1.54, 1.807) is 22.8 Å². The first-order valence-corrected chi connectivity index (χ1v) is 11.0. The van der Waals surface area contributed by atoms with Gasteiger partial charge in [0.05, 0.1) is 28.5 Å². The number of carbonyl (C=O) groups is 1. The third-order valence-electron chi connectivity index (χ3n) is 4.77. The lowest BCUT2D eigenvalue weighted by molar-refractivity contribution is -0.113. The molecule has 2 aromatic heterocycles. The van der Waals surface area contributed by atoms with Gasteiger partial charge in [0, 0.05) is 6.04 Å². The summed E-state index contributed by atoms with van der Waals surface area (Å²) in [5.41, 5.74) is 1.44. The Hall–Kier alpha value is -3.90. The van der Waals surface area contributed by atoms with E-state index in [9.17, 15) is 14.9 Å². The fraction of sp³-hybridized carbons (Fsp3) is 0.174. The second-order valence-electron chi connectivity index (χ2n) is 7.28. The van der Waals surface area contributed by atoms with Gasteiger partial charge in [-0.25, -0.2) is 9.67 Å². The lowest BCUT2D eigenvalue weighted by atomic mass is 10.2. The van der Waals surface area contributed by atoms with Gasteiger partial charge in [0.15, 0.2) is 11.0 Å². The summed E-state index contributed by atoms with van der Waals surface area (Å²) in [6.07, 6.45) is 1.41. The average Bonchev–Trinajstić information content (AvgIpc) is 3.20. The maximum atomic E-state index is 12.9. The average molecular weight is 445 g/mol. The summed E-state index contributed by atoms with van der Waals surface area (Å²) in [5.74, 6) is -0.0126. The van der Waals surface area contributed by atoms with E-state index >= 15 is 0 Å². The van der Waals surface area contributed by atoms with Gasteiger partial charge in [0.25, 0.3) is 5.56 Å². The molecule has 2 heterocycles. The van der Waals surface area contributed by atoms with Crippen LogP contribution in [0.3, 0.4) is 0 Å². The Balaban J connectivity index is 1.59. The molecule has 0 atom stereocenters. The van der Waals surface area contributed by atoms with Gasteiger partial charge < -0.3 is 5.32 Å². The number of thioether (sulfide) groups is 1. The first kappa shape index (κ1) is 21.3. The van der Waals surface area contributed by atoms with Gasteiger partial charge in [0.1, 0.15) is 11.6 Å². The van der Waals surface area contributed by atoms with Gasteiger partial charge in [-0.15, -0.1) is 0 Å². The van der Waals surface area contributed by atoms with E-state index in [2.05, 4.69) is 21.5 Å². The molecule has 8 nitrogen and oxygen atoms in total. The Morgan fingerprint density at radius 3 is 2.59 bits per heavy atom. The lowest BCUT2D eigenvalue weighted by Crippen LogP contribution is -2.26. The summed E-state index contributed by atoms with van der Waals surface area (Å²) in [4.78, 5) is 30.3. The number of nitrogens with zero attached hydrogens (tertiary/aromatic N) is 5. The standard InChI is InChI=1S/C23H20N6O2S/c1-15(2)28-22(31)18-10-6-7-11-19(18)26-23(28)32-14-20(30)27-21-16(12-24)13-25-29(21)17-8-4-3-5-9-17/h3-11,13,15H,14H2,1-2H3,(H,27,30). The summed E-state index contributed by atoms with van der Waals surface area (Å²) in [7, 11) is 0. The van der Waals surface area contributed by atoms with Crippen LogP contribution in [0.1, 0.15) is 25.5 Å². The SMILES string of the molecule is CC(C)n1c(SCC(=O)Nc2c(C#N)cnn2-c2ccccc2)nc2ccccc2c1=O. The van der Waals surface area contributed by atoms with Crippen molar-refractivity contribution in [2.75, 3.05) is 11.1 Å². The number of para-hydroxylation sites is 2. The van der Waals surface area contributed by atoms with Crippen LogP contribution in [0, 0.1) is 11.3 Å². The molecule has 0 aliphatic heterocycles. The zero-order valence-electron chi connectivity index (χ0n) is 17.5. The molecule has 9 heteroatoms. The number of aromatic nitrogens is 4. The first-order chi connectivity index (χ1) is 15.5. The zero-order chi connectivity index (χ0) is 22.7. The normalized spacial score (nSPS) is 10.9. The minimum Gasteiger partial charge on any atom is -0.309 e. The van der Waals surface area contributed by atoms with Crippen LogP contribution in [0.4, 0.5) is 5.82 Å². The maximum Gasteiger partial charge on any atom is 0.262 e. The van der Waals surface area contributed by atoms with Crippen LogP contribution in [0.5, 0.6) is 0 Å². The van der Waals surface area contributed by atoms with Crippen LogP contribution >= 0.6 is 11.8 Å². The predicted octanol–water partition coefficient (Wildman–Crippen LogP) is 3.77. The van der Waals surface area contributed by atoms with Crippen LogP contribution in [0.2, 0.25) is 0 Å². The molecule has 2 aromatic carbocycles. The molecule has 1 N–H and O–H groups in total. The van der Waals surface area contributed by atoms with Crippen LogP contribution in [0.15, 0.2) is 70.7 Å². The van der Waals surface area contributed by atoms with E-state index in [0.29, 0.717) is 21.9 Å². The van der Waals surface area contributed by atoms with Crippen LogP contribution in [-0.2, 0) is 4.79 Å². The number of hydrogen-bond donors (Lipinski definition) is 1. The number of benzene rings is 2. The van der Waals surface area contributed by atoms with Gasteiger partial charge in [-0.1, -0.05) is 42.1 Å². The van der Waals surface area contributed by atoms with Gasteiger partial charge in [0.2, 0.25) is 5.91 Å². The molecule has 0 aliphatic carbocycles. The number of nitriles is 1. The minimum atomic E-state index is -0.332. The molecule has 4 rings (SSSR count). The van der Waals surface area contributed by atoms with Crippen molar-refractivity contribution in [3.8, 4) is 11.8 Å². The van der Waals surface area contributed by atoms with Crippen molar-refractivity contribution in [1.29, 1.82) is 5.26 Å². The summed E-state index contributed by atoms with van der Waals surface area (Å²) in [6.45, 7) is 3.80. The molecular formula is C23H20N6O2S. The summed E-state index contributed by atoms with van der Waals surface area (Å²) in [6, 6.07) is 18.3. The van der Waals surface area contributed by atoms with Crippen LogP contribution in [0.25, 0.3) is 16.6 Å². The van der Waals surface area contributed by atoms with Gasteiger partial charge in [-0.3, -0.25) is 14.2 Å². The van der Waals surface area contributed by atoms with E-state index < -0.39 is 0 Å². The van der Waals surface area contributed by atoms with Crippen molar-refractivity contribution in [1.82, 2.24) is 19.3 Å². The molecule has 0 saturated carbocycles. The fourth-order valence-electron chi connectivity index (χ4n) is 3.30. The van der Waals surface area contributed by atoms with Crippen molar-refractivity contribution in [2.24, 2.45) is 0 Å². The van der Waals surface area contributed by atoms with Crippen molar-refractivity contribution in [3.05, 3.63) is 76.7 Å². The molecule has 0 fully saturated rings. The van der Waals surface area contributed by atoms with E-state index in [4.69, 9.17) is 0 Å². The third kappa shape index (κ3) is 4.13. The number of anilines is 1. The van der Waals surface area contributed by atoms with Crippen LogP contribution in [-0.4, -0.2) is 31.0 Å². The Kier molecular flexibility index (Phi) is 6.05. The molecule has 0 aliphatic rings. The van der Waals surface area contributed by atoms with E-state index in [1.165, 1.54) is 22.6 Å². The number of amides is 1. The molecule has 0 unspecified atom stereocenters. The summed E-state index contributed by atoms with van der Waals surface area (Å²) >= 11 is 1.18. The highest BCUT2D eigenvalue weighted by Gasteiger charge is 2.18. The number of hydrogen-bond acceptors (Lipinski definition) is 6.